The fourth-order valence-electron chi connectivity index (χ4n) is 6.28. The van der Waals surface area contributed by atoms with Crippen molar-refractivity contribution in [3.8, 4) is 5.75 Å². The van der Waals surface area contributed by atoms with Gasteiger partial charge in [0.2, 0.25) is 17.7 Å². The molecule has 0 saturated heterocycles. The van der Waals surface area contributed by atoms with Crippen molar-refractivity contribution in [2.75, 3.05) is 59.7 Å². The summed E-state index contributed by atoms with van der Waals surface area (Å²) in [5.74, 6) is -0.666. The molecule has 0 saturated carbocycles. The van der Waals surface area contributed by atoms with E-state index in [9.17, 15) is 29.1 Å². The van der Waals surface area contributed by atoms with Crippen LogP contribution >= 0.6 is 11.3 Å². The molecule has 2 rings (SSSR count). The maximum absolute atomic E-state index is 13.6. The highest BCUT2D eigenvalue weighted by Crippen LogP contribution is 2.31. The number of ether oxygens (including phenoxy) is 3. The fourth-order valence-corrected chi connectivity index (χ4v) is 7.14. The molecule has 2 aromatic rings. The number of phenolic OH excluding ortho intramolecular Hbond substituents is 1. The number of nitrogens with one attached hydrogen (secondary N) is 3. The zero-order valence-electron chi connectivity index (χ0n) is 42.2. The molecule has 3 unspecified atom stereocenters. The van der Waals surface area contributed by atoms with Gasteiger partial charge in [0.1, 0.15) is 29.2 Å². The topological polar surface area (TPSA) is 241 Å². The number of aromatic nitrogens is 1. The van der Waals surface area contributed by atoms with Gasteiger partial charge in [-0.3, -0.25) is 29.5 Å². The normalized spacial score (nSPS) is 11.9. The molecule has 8 N–H and O–H groups in total. The maximum atomic E-state index is 13.6. The second-order valence-electron chi connectivity index (χ2n) is 15.5. The molecule has 0 aliphatic carbocycles. The molecule has 18 heteroatoms. The lowest BCUT2D eigenvalue weighted by atomic mass is 9.95. The van der Waals surface area contributed by atoms with Gasteiger partial charge in [-0.05, 0) is 75.7 Å². The summed E-state index contributed by atoms with van der Waals surface area (Å²) in [7, 11) is 1.90. The molecule has 380 valence electrons. The molecule has 66 heavy (non-hydrogen) atoms. The Morgan fingerprint density at radius 1 is 0.848 bits per heavy atom. The third-order valence-corrected chi connectivity index (χ3v) is 10.5. The molecular formula is C48H88N8O9S. The third-order valence-electron chi connectivity index (χ3n) is 9.53. The van der Waals surface area contributed by atoms with E-state index >= 15 is 0 Å². The molecule has 0 spiro atoms. The number of rotatable bonds is 30. The number of phenols is 1. The highest BCUT2D eigenvalue weighted by atomic mass is 32.1. The predicted octanol–water partition coefficient (Wildman–Crippen LogP) is 7.27. The molecule has 1 aromatic heterocycles. The molecule has 1 aromatic carbocycles. The average Bonchev–Trinajstić information content (AvgIpc) is 3.80. The molecule has 0 aliphatic heterocycles. The monoisotopic (exact) mass is 953 g/mol. The zero-order valence-corrected chi connectivity index (χ0v) is 43.1. The number of carbonyl (C=O) groups is 5. The van der Waals surface area contributed by atoms with E-state index in [0.717, 1.165) is 50.6 Å². The number of thiazole rings is 1. The SMILES string of the molecule is CC.CC.CCCCC(=O)N(CCC)C(CC(OCCC)c1nc(C(=O)NC(CCC(=O)NNC(=O)OCCOCCN)Cc2ccc(O)cc2)cs1)C(C)C.CCCCN(C)CC(N)=O. The number of hydrogen-bond donors (Lipinski definition) is 6. The van der Waals surface area contributed by atoms with Gasteiger partial charge < -0.3 is 41.0 Å². The van der Waals surface area contributed by atoms with Crippen LogP contribution in [0.5, 0.6) is 5.75 Å². The fraction of sp³-hybridized carbons (Fsp3) is 0.708. The van der Waals surface area contributed by atoms with Gasteiger partial charge in [-0.25, -0.2) is 15.2 Å². The number of amides is 5. The van der Waals surface area contributed by atoms with E-state index in [0.29, 0.717) is 57.1 Å². The zero-order chi connectivity index (χ0) is 50.3. The van der Waals surface area contributed by atoms with E-state index in [1.54, 1.807) is 29.6 Å². The first-order valence-corrected chi connectivity index (χ1v) is 25.0. The second kappa shape index (κ2) is 40.9. The van der Waals surface area contributed by atoms with Gasteiger partial charge in [-0.15, -0.1) is 11.3 Å². The Labute approximate surface area is 400 Å². The number of likely N-dealkylation sites (N-methyl/N-ethyl adjacent to an activating group) is 1. The van der Waals surface area contributed by atoms with Crippen molar-refractivity contribution in [3.05, 3.63) is 45.9 Å². The summed E-state index contributed by atoms with van der Waals surface area (Å²) < 4.78 is 16.4. The van der Waals surface area contributed by atoms with E-state index in [4.69, 9.17) is 30.7 Å². The number of primary amides is 1. The van der Waals surface area contributed by atoms with Crippen LogP contribution in [0.2, 0.25) is 0 Å². The van der Waals surface area contributed by atoms with Gasteiger partial charge in [-0.1, -0.05) is 94.2 Å². The number of aromatic hydroxyl groups is 1. The predicted molar refractivity (Wildman–Crippen MR) is 265 cm³/mol. The van der Waals surface area contributed by atoms with Gasteiger partial charge >= 0.3 is 6.09 Å². The van der Waals surface area contributed by atoms with Crippen LogP contribution in [0.1, 0.15) is 161 Å². The van der Waals surface area contributed by atoms with E-state index in [1.807, 2.05) is 51.5 Å². The van der Waals surface area contributed by atoms with Gasteiger partial charge in [0.15, 0.2) is 0 Å². The number of hydrogen-bond acceptors (Lipinski definition) is 13. The maximum Gasteiger partial charge on any atom is 0.426 e. The van der Waals surface area contributed by atoms with E-state index in [-0.39, 0.29) is 61.3 Å². The van der Waals surface area contributed by atoms with E-state index in [2.05, 4.69) is 50.8 Å². The Balaban J connectivity index is 0. The molecule has 0 fully saturated rings. The Hall–Kier alpha value is -4.36. The van der Waals surface area contributed by atoms with E-state index in [1.165, 1.54) is 11.3 Å². The number of nitrogens with two attached hydrogens (primary N) is 2. The number of nitrogens with zero attached hydrogens (tertiary/aromatic N) is 3. The number of unbranched alkanes of at least 4 members (excludes halogenated alkanes) is 2. The minimum absolute atomic E-state index is 0.000574. The lowest BCUT2D eigenvalue weighted by Crippen LogP contribution is -2.44. The van der Waals surface area contributed by atoms with Crippen LogP contribution in [0.25, 0.3) is 0 Å². The van der Waals surface area contributed by atoms with Gasteiger partial charge in [0.25, 0.3) is 5.91 Å². The highest BCUT2D eigenvalue weighted by Gasteiger charge is 2.31. The standard InChI is InChI=1S/C37H60N6O8S.C7H16N2O.2C2H6/c1-6-9-10-34(46)43(18-7-2)31(26(4)5)24-32(50-19-8-3)36-40-30(25-52-36)35(47)39-28(23-27-11-14-29(44)15-12-27)13-16-33(45)41-42-37(48)51-22-21-49-20-17-38;1-3-4-5-9(2)6-7(8)10;2*1-2/h11-12,14-15,25-26,28,31-32,44H,6-10,13,16-24,38H2,1-5H3,(H,39,47)(H,41,45)(H,42,48);3-6H2,1-2H3,(H2,8,10);2*1-2H3. The lowest BCUT2D eigenvalue weighted by molar-refractivity contribution is -0.136. The molecule has 0 aliphatic rings. The largest absolute Gasteiger partial charge is 0.508 e. The smallest absolute Gasteiger partial charge is 0.426 e. The summed E-state index contributed by atoms with van der Waals surface area (Å²) in [6.45, 7) is 24.0. The van der Waals surface area contributed by atoms with Crippen LogP contribution in [0.3, 0.4) is 0 Å². The van der Waals surface area contributed by atoms with Crippen LogP contribution in [0, 0.1) is 5.92 Å². The molecule has 0 bridgehead atoms. The summed E-state index contributed by atoms with van der Waals surface area (Å²) >= 11 is 1.35. The lowest BCUT2D eigenvalue weighted by Gasteiger charge is -2.36. The summed E-state index contributed by atoms with van der Waals surface area (Å²) in [5, 5.41) is 15.1. The van der Waals surface area contributed by atoms with Crippen LogP contribution < -0.4 is 27.6 Å². The van der Waals surface area contributed by atoms with Gasteiger partial charge in [0.05, 0.1) is 19.8 Å². The molecule has 3 atom stereocenters. The Kier molecular flexibility index (Phi) is 39.5. The van der Waals surface area contributed by atoms with Crippen LogP contribution in [0.4, 0.5) is 4.79 Å². The average molecular weight is 953 g/mol. The third kappa shape index (κ3) is 30.0. The molecule has 17 nitrogen and oxygen atoms in total. The van der Waals surface area contributed by atoms with Crippen molar-refractivity contribution >= 4 is 41.1 Å². The Morgan fingerprint density at radius 2 is 1.52 bits per heavy atom. The molecule has 1 heterocycles. The summed E-state index contributed by atoms with van der Waals surface area (Å²) in [6, 6.07) is 6.09. The number of benzene rings is 1. The van der Waals surface area contributed by atoms with Crippen LogP contribution in [-0.4, -0.2) is 121 Å². The minimum atomic E-state index is -0.833. The minimum Gasteiger partial charge on any atom is -0.508 e. The van der Waals surface area contributed by atoms with Crippen LogP contribution in [0.15, 0.2) is 29.6 Å². The van der Waals surface area contributed by atoms with Gasteiger partial charge in [0, 0.05) is 56.4 Å². The summed E-state index contributed by atoms with van der Waals surface area (Å²) in [5.41, 5.74) is 15.9. The Bertz CT molecular complexity index is 1560. The van der Waals surface area contributed by atoms with Crippen molar-refractivity contribution in [3.63, 3.8) is 0 Å². The first-order chi connectivity index (χ1) is 31.7. The first kappa shape index (κ1) is 63.7. The highest BCUT2D eigenvalue weighted by molar-refractivity contribution is 7.09. The van der Waals surface area contributed by atoms with Crippen molar-refractivity contribution in [1.82, 2.24) is 31.0 Å². The number of carbonyl (C=O) groups excluding carboxylic acids is 5. The molecule has 0 radical (unpaired) electrons. The number of hydrazine groups is 1. The molecular weight excluding hydrogens is 865 g/mol. The van der Waals surface area contributed by atoms with Crippen LogP contribution in [-0.2, 0) is 35.0 Å². The van der Waals surface area contributed by atoms with Crippen molar-refractivity contribution in [1.29, 1.82) is 0 Å². The summed E-state index contributed by atoms with van der Waals surface area (Å²) in [6.07, 6.45) is 6.21. The van der Waals surface area contributed by atoms with Crippen molar-refractivity contribution < 1.29 is 43.3 Å². The quantitative estimate of drug-likeness (QED) is 0.0335. The first-order valence-electron chi connectivity index (χ1n) is 24.1. The molecule has 5 amide bonds. The van der Waals surface area contributed by atoms with Crippen molar-refractivity contribution in [2.45, 2.75) is 158 Å². The Morgan fingerprint density at radius 3 is 2.09 bits per heavy atom. The summed E-state index contributed by atoms with van der Waals surface area (Å²) in [4.78, 5) is 70.4. The van der Waals surface area contributed by atoms with Gasteiger partial charge in [-0.2, -0.15) is 0 Å². The van der Waals surface area contributed by atoms with Crippen molar-refractivity contribution in [2.24, 2.45) is 17.4 Å². The second-order valence-corrected chi connectivity index (χ2v) is 16.4. The van der Waals surface area contributed by atoms with E-state index < -0.39 is 30.1 Å².